The number of aryl methyl sites for hydroxylation is 1. The molecule has 0 saturated heterocycles. The first-order valence-electron chi connectivity index (χ1n) is 7.20. The molecule has 2 rings (SSSR count). The van der Waals surface area contributed by atoms with Crippen LogP contribution in [0.3, 0.4) is 0 Å². The molecular weight excluding hydrogens is 252 g/mol. The van der Waals surface area contributed by atoms with Gasteiger partial charge in [0.15, 0.2) is 0 Å². The molecule has 20 heavy (non-hydrogen) atoms. The second-order valence-corrected chi connectivity index (χ2v) is 6.77. The normalized spacial score (nSPS) is 24.6. The van der Waals surface area contributed by atoms with E-state index >= 15 is 0 Å². The Morgan fingerprint density at radius 1 is 1.25 bits per heavy atom. The van der Waals surface area contributed by atoms with Gasteiger partial charge in [0, 0.05) is 17.9 Å². The number of hydrogen-bond acceptors (Lipinski definition) is 3. The Bertz CT molecular complexity index is 545. The van der Waals surface area contributed by atoms with Crippen LogP contribution < -0.4 is 4.74 Å². The van der Waals surface area contributed by atoms with Crippen molar-refractivity contribution < 1.29 is 14.6 Å². The van der Waals surface area contributed by atoms with Gasteiger partial charge in [-0.1, -0.05) is 33.3 Å². The third kappa shape index (κ3) is 2.19. The predicted molar refractivity (Wildman–Crippen MR) is 79.1 cm³/mol. The summed E-state index contributed by atoms with van der Waals surface area (Å²) in [5.74, 6) is 0.410. The summed E-state index contributed by atoms with van der Waals surface area (Å²) in [5, 5.41) is 10.6. The molecule has 0 bridgehead atoms. The minimum atomic E-state index is -0.353. The molecular formula is C17H24O3. The average molecular weight is 276 g/mol. The second-order valence-electron chi connectivity index (χ2n) is 6.77. The van der Waals surface area contributed by atoms with E-state index in [2.05, 4.69) is 20.8 Å². The standard InChI is InChI=1S/C17H24O3/c1-11-7-8-13(20-12(2)18)14(15(11)19)17(5)10-6-9-16(17,3)4/h7-8,19H,6,9-10H2,1-5H3. The average Bonchev–Trinajstić information content (AvgIpc) is 2.58. The number of benzene rings is 1. The first-order chi connectivity index (χ1) is 9.19. The van der Waals surface area contributed by atoms with Crippen LogP contribution in [0.25, 0.3) is 0 Å². The van der Waals surface area contributed by atoms with Crippen molar-refractivity contribution in [1.82, 2.24) is 0 Å². The lowest BCUT2D eigenvalue weighted by molar-refractivity contribution is -0.132. The van der Waals surface area contributed by atoms with Gasteiger partial charge in [0.2, 0.25) is 0 Å². The van der Waals surface area contributed by atoms with Crippen LogP contribution in [-0.2, 0) is 10.2 Å². The summed E-state index contributed by atoms with van der Waals surface area (Å²) in [7, 11) is 0. The van der Waals surface area contributed by atoms with E-state index in [4.69, 9.17) is 4.74 Å². The summed E-state index contributed by atoms with van der Waals surface area (Å²) in [6.45, 7) is 9.88. The number of aromatic hydroxyl groups is 1. The highest BCUT2D eigenvalue weighted by Crippen LogP contribution is 2.58. The third-order valence-corrected chi connectivity index (χ3v) is 5.12. The number of hydrogen-bond donors (Lipinski definition) is 1. The van der Waals surface area contributed by atoms with Crippen molar-refractivity contribution in [3.63, 3.8) is 0 Å². The van der Waals surface area contributed by atoms with Gasteiger partial charge in [0.25, 0.3) is 0 Å². The van der Waals surface area contributed by atoms with Gasteiger partial charge in [-0.25, -0.2) is 0 Å². The van der Waals surface area contributed by atoms with Crippen LogP contribution in [-0.4, -0.2) is 11.1 Å². The molecule has 0 radical (unpaired) electrons. The fourth-order valence-electron chi connectivity index (χ4n) is 3.41. The van der Waals surface area contributed by atoms with Crippen LogP contribution in [0.5, 0.6) is 11.5 Å². The maximum atomic E-state index is 11.3. The Morgan fingerprint density at radius 3 is 2.40 bits per heavy atom. The van der Waals surface area contributed by atoms with E-state index in [-0.39, 0.29) is 22.5 Å². The third-order valence-electron chi connectivity index (χ3n) is 5.12. The maximum absolute atomic E-state index is 11.3. The Hall–Kier alpha value is -1.51. The highest BCUT2D eigenvalue weighted by molar-refractivity contribution is 5.71. The first-order valence-corrected chi connectivity index (χ1v) is 7.20. The summed E-state index contributed by atoms with van der Waals surface area (Å²) < 4.78 is 5.35. The molecule has 1 aliphatic rings. The number of esters is 1. The molecule has 0 amide bonds. The van der Waals surface area contributed by atoms with Crippen LogP contribution in [0.1, 0.15) is 58.1 Å². The van der Waals surface area contributed by atoms with Crippen molar-refractivity contribution in [2.45, 2.75) is 59.3 Å². The van der Waals surface area contributed by atoms with Crippen molar-refractivity contribution in [1.29, 1.82) is 0 Å². The fourth-order valence-corrected chi connectivity index (χ4v) is 3.41. The second kappa shape index (κ2) is 4.80. The highest BCUT2D eigenvalue weighted by Gasteiger charge is 2.49. The first kappa shape index (κ1) is 14.9. The van der Waals surface area contributed by atoms with Crippen LogP contribution in [0.2, 0.25) is 0 Å². The summed E-state index contributed by atoms with van der Waals surface area (Å²) in [6.07, 6.45) is 3.22. The molecule has 0 heterocycles. The molecule has 0 aromatic heterocycles. The number of rotatable bonds is 2. The number of carbonyl (C=O) groups excluding carboxylic acids is 1. The van der Waals surface area contributed by atoms with Crippen molar-refractivity contribution >= 4 is 5.97 Å². The molecule has 110 valence electrons. The number of ether oxygens (including phenoxy) is 1. The molecule has 3 nitrogen and oxygen atoms in total. The molecule has 3 heteroatoms. The highest BCUT2D eigenvalue weighted by atomic mass is 16.5. The molecule has 1 unspecified atom stereocenters. The minimum absolute atomic E-state index is 0.0627. The topological polar surface area (TPSA) is 46.5 Å². The molecule has 0 aliphatic heterocycles. The van der Waals surface area contributed by atoms with Gasteiger partial charge < -0.3 is 9.84 Å². The summed E-state index contributed by atoms with van der Waals surface area (Å²) in [4.78, 5) is 11.3. The SMILES string of the molecule is CC(=O)Oc1ccc(C)c(O)c1C1(C)CCCC1(C)C. The van der Waals surface area contributed by atoms with Gasteiger partial charge >= 0.3 is 5.97 Å². The lowest BCUT2D eigenvalue weighted by Crippen LogP contribution is -2.34. The number of carbonyl (C=O) groups is 1. The quantitative estimate of drug-likeness (QED) is 0.653. The summed E-state index contributed by atoms with van der Waals surface area (Å²) >= 11 is 0. The zero-order valence-corrected chi connectivity index (χ0v) is 13.0. The maximum Gasteiger partial charge on any atom is 0.308 e. The molecule has 1 aliphatic carbocycles. The summed E-state index contributed by atoms with van der Waals surface area (Å²) in [5.41, 5.74) is 1.48. The van der Waals surface area contributed by atoms with E-state index in [0.29, 0.717) is 5.75 Å². The fraction of sp³-hybridized carbons (Fsp3) is 0.588. The molecule has 1 saturated carbocycles. The molecule has 1 aromatic rings. The van der Waals surface area contributed by atoms with E-state index in [9.17, 15) is 9.90 Å². The van der Waals surface area contributed by atoms with Crippen LogP contribution in [0.15, 0.2) is 12.1 Å². The van der Waals surface area contributed by atoms with Gasteiger partial charge in [-0.3, -0.25) is 4.79 Å². The minimum Gasteiger partial charge on any atom is -0.507 e. The lowest BCUT2D eigenvalue weighted by Gasteiger charge is -2.40. The van der Waals surface area contributed by atoms with E-state index < -0.39 is 0 Å². The van der Waals surface area contributed by atoms with Crippen molar-refractivity contribution in [2.24, 2.45) is 5.41 Å². The number of phenolic OH excluding ortho intramolecular Hbond substituents is 1. The van der Waals surface area contributed by atoms with Gasteiger partial charge in [-0.05, 0) is 36.8 Å². The van der Waals surface area contributed by atoms with E-state index in [1.165, 1.54) is 6.92 Å². The monoisotopic (exact) mass is 276 g/mol. The Balaban J connectivity index is 2.65. The zero-order valence-electron chi connectivity index (χ0n) is 13.0. The van der Waals surface area contributed by atoms with Crippen LogP contribution in [0, 0.1) is 12.3 Å². The lowest BCUT2D eigenvalue weighted by atomic mass is 9.64. The van der Waals surface area contributed by atoms with E-state index in [0.717, 1.165) is 30.4 Å². The Labute approximate surface area is 121 Å². The van der Waals surface area contributed by atoms with Crippen molar-refractivity contribution in [3.05, 3.63) is 23.3 Å². The van der Waals surface area contributed by atoms with Gasteiger partial charge in [0.05, 0.1) is 0 Å². The molecule has 1 N–H and O–H groups in total. The van der Waals surface area contributed by atoms with Crippen molar-refractivity contribution in [2.75, 3.05) is 0 Å². The molecule has 1 fully saturated rings. The van der Waals surface area contributed by atoms with Crippen LogP contribution >= 0.6 is 0 Å². The van der Waals surface area contributed by atoms with E-state index in [1.54, 1.807) is 12.1 Å². The smallest absolute Gasteiger partial charge is 0.308 e. The summed E-state index contributed by atoms with van der Waals surface area (Å²) in [6, 6.07) is 3.59. The molecule has 0 spiro atoms. The molecule has 1 atom stereocenters. The Morgan fingerprint density at radius 2 is 1.90 bits per heavy atom. The van der Waals surface area contributed by atoms with Gasteiger partial charge in [-0.2, -0.15) is 0 Å². The molecule has 1 aromatic carbocycles. The predicted octanol–water partition coefficient (Wildman–Crippen LogP) is 4.09. The van der Waals surface area contributed by atoms with Crippen molar-refractivity contribution in [3.8, 4) is 11.5 Å². The van der Waals surface area contributed by atoms with Crippen LogP contribution in [0.4, 0.5) is 0 Å². The van der Waals surface area contributed by atoms with Gasteiger partial charge in [0.1, 0.15) is 11.5 Å². The Kier molecular flexibility index (Phi) is 3.57. The zero-order chi connectivity index (χ0) is 15.1. The van der Waals surface area contributed by atoms with E-state index in [1.807, 2.05) is 6.92 Å². The number of phenols is 1. The largest absolute Gasteiger partial charge is 0.507 e. The van der Waals surface area contributed by atoms with Gasteiger partial charge in [-0.15, -0.1) is 0 Å².